The molecular weight excluding hydrogens is 458 g/mol. The Kier molecular flexibility index (Phi) is 11.2. The zero-order valence-electron chi connectivity index (χ0n) is 22.4. The fourth-order valence-electron chi connectivity index (χ4n) is 4.14. The molecule has 5 nitrogen and oxygen atoms in total. The second-order valence-corrected chi connectivity index (χ2v) is 8.09. The number of hydrogen-bond donors (Lipinski definition) is 3. The van der Waals surface area contributed by atoms with Gasteiger partial charge in [-0.2, -0.15) is 0 Å². The Morgan fingerprint density at radius 3 is 1.95 bits per heavy atom. The van der Waals surface area contributed by atoms with Gasteiger partial charge in [0.25, 0.3) is 0 Å². The molecule has 5 aromatic rings. The molecule has 1 atom stereocenters. The molecule has 194 valence electrons. The standard InChI is InChI=1S/C28H27N3O2.2C2H6/c32-21(19-33-27-15-7-9-20-8-1-2-10-22(20)27)18-29-16-17-30-28-23-11-3-5-13-25(23)31-26-14-6-4-12-24(26)28;2*1-2/h1-15,21,29,32H,16-19H2,(H,30,31);2*1-2H3. The summed E-state index contributed by atoms with van der Waals surface area (Å²) < 4.78 is 5.89. The minimum absolute atomic E-state index is 0.244. The van der Waals surface area contributed by atoms with Crippen molar-refractivity contribution in [3.05, 3.63) is 91.0 Å². The highest BCUT2D eigenvalue weighted by Gasteiger charge is 2.09. The van der Waals surface area contributed by atoms with Crippen molar-refractivity contribution in [3.8, 4) is 5.75 Å². The number of para-hydroxylation sites is 2. The van der Waals surface area contributed by atoms with Gasteiger partial charge < -0.3 is 20.5 Å². The van der Waals surface area contributed by atoms with E-state index >= 15 is 0 Å². The number of rotatable bonds is 9. The maximum Gasteiger partial charge on any atom is 0.127 e. The van der Waals surface area contributed by atoms with Gasteiger partial charge in [-0.05, 0) is 23.6 Å². The van der Waals surface area contributed by atoms with Crippen molar-refractivity contribution >= 4 is 38.3 Å². The summed E-state index contributed by atoms with van der Waals surface area (Å²) in [6, 6.07) is 30.4. The van der Waals surface area contributed by atoms with E-state index in [2.05, 4.69) is 34.9 Å². The van der Waals surface area contributed by atoms with E-state index in [0.717, 1.165) is 57.1 Å². The second-order valence-electron chi connectivity index (χ2n) is 8.09. The molecule has 5 rings (SSSR count). The molecule has 5 heteroatoms. The van der Waals surface area contributed by atoms with Gasteiger partial charge in [-0.15, -0.1) is 0 Å². The van der Waals surface area contributed by atoms with Crippen molar-refractivity contribution in [1.29, 1.82) is 0 Å². The second kappa shape index (κ2) is 14.8. The Morgan fingerprint density at radius 2 is 1.27 bits per heavy atom. The predicted octanol–water partition coefficient (Wildman–Crippen LogP) is 7.04. The highest BCUT2D eigenvalue weighted by Crippen LogP contribution is 2.30. The van der Waals surface area contributed by atoms with Gasteiger partial charge in [-0.25, -0.2) is 4.98 Å². The van der Waals surface area contributed by atoms with E-state index < -0.39 is 6.10 Å². The lowest BCUT2D eigenvalue weighted by atomic mass is 10.1. The number of nitrogens with one attached hydrogen (secondary N) is 2. The first-order valence-electron chi connectivity index (χ1n) is 13.3. The molecular formula is C32H39N3O2. The van der Waals surface area contributed by atoms with Gasteiger partial charge >= 0.3 is 0 Å². The molecule has 3 N–H and O–H groups in total. The maximum atomic E-state index is 10.4. The van der Waals surface area contributed by atoms with Crippen LogP contribution in [0.5, 0.6) is 5.75 Å². The van der Waals surface area contributed by atoms with Crippen LogP contribution >= 0.6 is 0 Å². The average molecular weight is 498 g/mol. The van der Waals surface area contributed by atoms with Gasteiger partial charge in [-0.1, -0.05) is 100 Å². The Labute approximate surface area is 220 Å². The van der Waals surface area contributed by atoms with Crippen LogP contribution in [-0.2, 0) is 0 Å². The van der Waals surface area contributed by atoms with Crippen molar-refractivity contribution in [1.82, 2.24) is 10.3 Å². The molecule has 0 aliphatic carbocycles. The molecule has 0 saturated heterocycles. The number of hydrogen-bond acceptors (Lipinski definition) is 5. The van der Waals surface area contributed by atoms with E-state index in [1.807, 2.05) is 94.4 Å². The topological polar surface area (TPSA) is 66.4 Å². The quantitative estimate of drug-likeness (QED) is 0.151. The zero-order chi connectivity index (χ0) is 26.5. The third-order valence-electron chi connectivity index (χ3n) is 5.75. The Balaban J connectivity index is 0.000000907. The normalized spacial score (nSPS) is 11.3. The molecule has 1 unspecified atom stereocenters. The highest BCUT2D eigenvalue weighted by atomic mass is 16.5. The van der Waals surface area contributed by atoms with Gasteiger partial charge in [-0.3, -0.25) is 0 Å². The fourth-order valence-corrected chi connectivity index (χ4v) is 4.14. The third kappa shape index (κ3) is 7.19. The Morgan fingerprint density at radius 1 is 0.703 bits per heavy atom. The van der Waals surface area contributed by atoms with Crippen LogP contribution < -0.4 is 15.4 Å². The molecule has 1 heterocycles. The van der Waals surface area contributed by atoms with Crippen LogP contribution in [0.2, 0.25) is 0 Å². The molecule has 4 aromatic carbocycles. The van der Waals surface area contributed by atoms with Crippen LogP contribution in [0, 0.1) is 0 Å². The number of anilines is 1. The molecule has 0 radical (unpaired) electrons. The largest absolute Gasteiger partial charge is 0.490 e. The molecule has 37 heavy (non-hydrogen) atoms. The molecule has 0 aliphatic heterocycles. The fraction of sp³-hybridized carbons (Fsp3) is 0.281. The van der Waals surface area contributed by atoms with E-state index in [0.29, 0.717) is 6.54 Å². The number of aliphatic hydroxyl groups is 1. The van der Waals surface area contributed by atoms with Crippen molar-refractivity contribution in [3.63, 3.8) is 0 Å². The number of aromatic nitrogens is 1. The van der Waals surface area contributed by atoms with Gasteiger partial charge in [0, 0.05) is 35.8 Å². The number of benzene rings is 4. The maximum absolute atomic E-state index is 10.4. The summed E-state index contributed by atoms with van der Waals surface area (Å²) in [6.07, 6.45) is -0.591. The van der Waals surface area contributed by atoms with E-state index in [9.17, 15) is 5.11 Å². The molecule has 0 amide bonds. The van der Waals surface area contributed by atoms with Gasteiger partial charge in [0.05, 0.1) is 16.7 Å². The van der Waals surface area contributed by atoms with Crippen molar-refractivity contribution in [2.75, 3.05) is 31.6 Å². The SMILES string of the molecule is CC.CC.OC(CNCCNc1c2ccccc2nc2ccccc12)COc1cccc2ccccc12. The molecule has 0 saturated carbocycles. The first-order chi connectivity index (χ1) is 18.3. The Hall–Kier alpha value is -3.67. The minimum Gasteiger partial charge on any atom is -0.490 e. The van der Waals surface area contributed by atoms with Crippen molar-refractivity contribution in [2.24, 2.45) is 0 Å². The summed E-state index contributed by atoms with van der Waals surface area (Å²) in [5, 5.41) is 21.7. The summed E-state index contributed by atoms with van der Waals surface area (Å²) in [6.45, 7) is 10.2. The lowest BCUT2D eigenvalue weighted by molar-refractivity contribution is 0.107. The summed E-state index contributed by atoms with van der Waals surface area (Å²) >= 11 is 0. The number of fused-ring (bicyclic) bond motifs is 3. The molecule has 0 aliphatic rings. The summed E-state index contributed by atoms with van der Waals surface area (Å²) in [5.74, 6) is 0.797. The highest BCUT2D eigenvalue weighted by molar-refractivity contribution is 6.07. The summed E-state index contributed by atoms with van der Waals surface area (Å²) in [5.41, 5.74) is 3.05. The van der Waals surface area contributed by atoms with Crippen LogP contribution in [0.25, 0.3) is 32.6 Å². The van der Waals surface area contributed by atoms with Crippen LogP contribution in [0.3, 0.4) is 0 Å². The average Bonchev–Trinajstić information content (AvgIpc) is 2.97. The molecule has 0 bridgehead atoms. The van der Waals surface area contributed by atoms with Crippen molar-refractivity contribution < 1.29 is 9.84 Å². The predicted molar refractivity (Wildman–Crippen MR) is 159 cm³/mol. The van der Waals surface area contributed by atoms with E-state index in [1.165, 1.54) is 0 Å². The van der Waals surface area contributed by atoms with Gasteiger partial charge in [0.15, 0.2) is 0 Å². The first kappa shape index (κ1) is 27.9. The lowest BCUT2D eigenvalue weighted by Gasteiger charge is -2.16. The Bertz CT molecular complexity index is 1330. The number of ether oxygens (including phenoxy) is 1. The van der Waals surface area contributed by atoms with Crippen LogP contribution in [0.1, 0.15) is 27.7 Å². The van der Waals surface area contributed by atoms with Crippen LogP contribution in [0.15, 0.2) is 91.0 Å². The van der Waals surface area contributed by atoms with Crippen molar-refractivity contribution in [2.45, 2.75) is 33.8 Å². The first-order valence-corrected chi connectivity index (χ1v) is 13.3. The number of pyridine rings is 1. The smallest absolute Gasteiger partial charge is 0.127 e. The van der Waals surface area contributed by atoms with E-state index in [1.54, 1.807) is 0 Å². The third-order valence-corrected chi connectivity index (χ3v) is 5.75. The molecule has 1 aromatic heterocycles. The van der Waals surface area contributed by atoms with Gasteiger partial charge in [0.2, 0.25) is 0 Å². The monoisotopic (exact) mass is 497 g/mol. The zero-order valence-corrected chi connectivity index (χ0v) is 22.4. The van der Waals surface area contributed by atoms with Crippen LogP contribution in [-0.4, -0.2) is 42.4 Å². The summed E-state index contributed by atoms with van der Waals surface area (Å²) in [4.78, 5) is 4.77. The number of nitrogens with zero attached hydrogens (tertiary/aromatic N) is 1. The van der Waals surface area contributed by atoms with Crippen LogP contribution in [0.4, 0.5) is 5.69 Å². The van der Waals surface area contributed by atoms with Gasteiger partial charge in [0.1, 0.15) is 18.5 Å². The summed E-state index contributed by atoms with van der Waals surface area (Å²) in [7, 11) is 0. The molecule has 0 spiro atoms. The van der Waals surface area contributed by atoms with E-state index in [4.69, 9.17) is 9.72 Å². The lowest BCUT2D eigenvalue weighted by Crippen LogP contribution is -2.34. The minimum atomic E-state index is -0.591. The number of aliphatic hydroxyl groups excluding tert-OH is 1. The van der Waals surface area contributed by atoms with E-state index in [-0.39, 0.29) is 6.61 Å². The molecule has 0 fully saturated rings.